The number of aryl methyl sites for hydroxylation is 2. The van der Waals surface area contributed by atoms with Crippen LogP contribution in [0.2, 0.25) is 0 Å². The van der Waals surface area contributed by atoms with E-state index in [-0.39, 0.29) is 18.6 Å². The van der Waals surface area contributed by atoms with Gasteiger partial charge in [0.2, 0.25) is 0 Å². The van der Waals surface area contributed by atoms with Gasteiger partial charge in [-0.1, -0.05) is 12.1 Å². The molecule has 1 unspecified atom stereocenters. The average molecular weight is 341 g/mol. The summed E-state index contributed by atoms with van der Waals surface area (Å²) in [6.07, 6.45) is 4.51. The quantitative estimate of drug-likeness (QED) is 0.842. The lowest BCUT2D eigenvalue weighted by Crippen LogP contribution is -2.39. The van der Waals surface area contributed by atoms with Gasteiger partial charge in [0.15, 0.2) is 6.61 Å². The highest BCUT2D eigenvalue weighted by molar-refractivity contribution is 5.77. The number of rotatable bonds is 7. The Morgan fingerprint density at radius 2 is 2.04 bits per heavy atom. The Hall–Kier alpha value is -2.27. The molecule has 0 radical (unpaired) electrons. The highest BCUT2D eigenvalue weighted by Crippen LogP contribution is 2.24. The van der Waals surface area contributed by atoms with E-state index in [9.17, 15) is 4.79 Å². The van der Waals surface area contributed by atoms with Gasteiger partial charge in [0.05, 0.1) is 6.04 Å². The number of ether oxygens (including phenoxy) is 1. The number of hydrogen-bond donors (Lipinski definition) is 1. The molecule has 0 saturated carbocycles. The van der Waals surface area contributed by atoms with E-state index in [1.807, 2.05) is 31.2 Å². The predicted molar refractivity (Wildman–Crippen MR) is 98.6 cm³/mol. The summed E-state index contributed by atoms with van der Waals surface area (Å²) in [5.74, 6) is 0.647. The summed E-state index contributed by atoms with van der Waals surface area (Å²) in [5.41, 5.74) is 2.36. The minimum Gasteiger partial charge on any atom is -0.484 e. The second-order valence-electron chi connectivity index (χ2n) is 6.71. The second-order valence-corrected chi connectivity index (χ2v) is 6.71. The molecule has 1 amide bonds. The zero-order valence-electron chi connectivity index (χ0n) is 15.1. The molecule has 25 heavy (non-hydrogen) atoms. The number of carbonyl (C=O) groups is 1. The van der Waals surface area contributed by atoms with Gasteiger partial charge in [-0.05, 0) is 62.7 Å². The fraction of sp³-hybridized carbons (Fsp3) is 0.450. The first-order chi connectivity index (χ1) is 12.1. The Balaban J connectivity index is 1.55. The van der Waals surface area contributed by atoms with E-state index < -0.39 is 0 Å². The van der Waals surface area contributed by atoms with Gasteiger partial charge in [0.25, 0.3) is 5.91 Å². The van der Waals surface area contributed by atoms with Crippen molar-refractivity contribution in [2.24, 2.45) is 7.05 Å². The molecule has 1 saturated heterocycles. The molecule has 1 aliphatic rings. The van der Waals surface area contributed by atoms with E-state index in [1.54, 1.807) is 0 Å². The monoisotopic (exact) mass is 341 g/mol. The molecule has 1 aromatic carbocycles. The highest BCUT2D eigenvalue weighted by atomic mass is 16.5. The van der Waals surface area contributed by atoms with E-state index in [4.69, 9.17) is 4.74 Å². The number of aromatic nitrogens is 1. The largest absolute Gasteiger partial charge is 0.484 e. The summed E-state index contributed by atoms with van der Waals surface area (Å²) in [5, 5.41) is 3.04. The molecule has 2 heterocycles. The zero-order valence-corrected chi connectivity index (χ0v) is 15.1. The van der Waals surface area contributed by atoms with Gasteiger partial charge in [0.1, 0.15) is 5.75 Å². The van der Waals surface area contributed by atoms with Gasteiger partial charge in [-0.2, -0.15) is 0 Å². The fourth-order valence-corrected chi connectivity index (χ4v) is 3.41. The van der Waals surface area contributed by atoms with Crippen molar-refractivity contribution in [3.63, 3.8) is 0 Å². The Kier molecular flexibility index (Phi) is 5.76. The first kappa shape index (κ1) is 17.5. The van der Waals surface area contributed by atoms with Gasteiger partial charge < -0.3 is 14.6 Å². The molecule has 1 atom stereocenters. The lowest BCUT2D eigenvalue weighted by atomic mass is 10.1. The second kappa shape index (κ2) is 8.21. The smallest absolute Gasteiger partial charge is 0.258 e. The van der Waals surface area contributed by atoms with Crippen molar-refractivity contribution in [2.45, 2.75) is 25.8 Å². The van der Waals surface area contributed by atoms with Crippen molar-refractivity contribution in [1.82, 2.24) is 14.8 Å². The maximum Gasteiger partial charge on any atom is 0.258 e. The van der Waals surface area contributed by atoms with Gasteiger partial charge in [-0.15, -0.1) is 0 Å². The third kappa shape index (κ3) is 4.63. The molecular formula is C20H27N3O2. The molecular weight excluding hydrogens is 314 g/mol. The van der Waals surface area contributed by atoms with E-state index >= 15 is 0 Å². The molecule has 0 bridgehead atoms. The molecule has 0 spiro atoms. The van der Waals surface area contributed by atoms with Gasteiger partial charge in [-0.25, -0.2) is 0 Å². The maximum atomic E-state index is 12.2. The first-order valence-corrected chi connectivity index (χ1v) is 8.95. The van der Waals surface area contributed by atoms with Crippen LogP contribution in [0.1, 0.15) is 30.1 Å². The van der Waals surface area contributed by atoms with Crippen molar-refractivity contribution >= 4 is 5.91 Å². The van der Waals surface area contributed by atoms with E-state index in [0.29, 0.717) is 6.54 Å². The van der Waals surface area contributed by atoms with Crippen LogP contribution in [0.15, 0.2) is 42.6 Å². The SMILES string of the molecule is Cc1cccc(OCC(=O)NCC(c2cccn2C)N2CCCC2)c1. The molecule has 0 aliphatic carbocycles. The molecule has 1 aromatic heterocycles. The van der Waals surface area contributed by atoms with E-state index in [0.717, 1.165) is 24.4 Å². The number of nitrogens with zero attached hydrogens (tertiary/aromatic N) is 2. The molecule has 1 fully saturated rings. The fourth-order valence-electron chi connectivity index (χ4n) is 3.41. The van der Waals surface area contributed by atoms with Crippen LogP contribution in [-0.2, 0) is 11.8 Å². The molecule has 1 aliphatic heterocycles. The third-order valence-electron chi connectivity index (χ3n) is 4.76. The standard InChI is InChI=1S/C20H27N3O2/c1-16-7-5-8-17(13-16)25-15-20(24)21-14-19(23-11-3-4-12-23)18-9-6-10-22(18)2/h5-10,13,19H,3-4,11-12,14-15H2,1-2H3,(H,21,24). The molecule has 2 aromatic rings. The van der Waals surface area contributed by atoms with Crippen molar-refractivity contribution < 1.29 is 9.53 Å². The van der Waals surface area contributed by atoms with Crippen LogP contribution in [0.3, 0.4) is 0 Å². The Morgan fingerprint density at radius 3 is 2.72 bits per heavy atom. The first-order valence-electron chi connectivity index (χ1n) is 8.95. The van der Waals surface area contributed by atoms with Gasteiger partial charge in [-0.3, -0.25) is 9.69 Å². The van der Waals surface area contributed by atoms with Crippen molar-refractivity contribution in [3.05, 3.63) is 53.9 Å². The van der Waals surface area contributed by atoms with Crippen LogP contribution in [0, 0.1) is 6.92 Å². The predicted octanol–water partition coefficient (Wildman–Crippen LogP) is 2.67. The normalized spacial score (nSPS) is 15.9. The lowest BCUT2D eigenvalue weighted by molar-refractivity contribution is -0.123. The average Bonchev–Trinajstić information content (AvgIpc) is 3.26. The molecule has 5 nitrogen and oxygen atoms in total. The van der Waals surface area contributed by atoms with Crippen molar-refractivity contribution in [2.75, 3.05) is 26.2 Å². The topological polar surface area (TPSA) is 46.5 Å². The molecule has 5 heteroatoms. The molecule has 134 valence electrons. The summed E-state index contributed by atoms with van der Waals surface area (Å²) >= 11 is 0. The summed E-state index contributed by atoms with van der Waals surface area (Å²) in [7, 11) is 2.06. The number of likely N-dealkylation sites (tertiary alicyclic amines) is 1. The Labute approximate surface area is 149 Å². The number of nitrogens with one attached hydrogen (secondary N) is 1. The summed E-state index contributed by atoms with van der Waals surface area (Å²) in [6, 6.07) is 12.2. The van der Waals surface area contributed by atoms with Crippen molar-refractivity contribution in [1.29, 1.82) is 0 Å². The number of hydrogen-bond acceptors (Lipinski definition) is 3. The van der Waals surface area contributed by atoms with Crippen LogP contribution in [0.4, 0.5) is 0 Å². The summed E-state index contributed by atoms with van der Waals surface area (Å²) in [4.78, 5) is 14.7. The van der Waals surface area contributed by atoms with Crippen LogP contribution in [0.25, 0.3) is 0 Å². The summed E-state index contributed by atoms with van der Waals surface area (Å²) < 4.78 is 7.73. The molecule has 3 rings (SSSR count). The minimum atomic E-state index is -0.0834. The summed E-state index contributed by atoms with van der Waals surface area (Å²) in [6.45, 7) is 4.83. The van der Waals surface area contributed by atoms with Crippen LogP contribution >= 0.6 is 0 Å². The number of benzene rings is 1. The van der Waals surface area contributed by atoms with Crippen molar-refractivity contribution in [3.8, 4) is 5.75 Å². The highest BCUT2D eigenvalue weighted by Gasteiger charge is 2.25. The Bertz CT molecular complexity index is 704. The van der Waals surface area contributed by atoms with Gasteiger partial charge in [0, 0.05) is 25.5 Å². The van der Waals surface area contributed by atoms with Crippen LogP contribution in [-0.4, -0.2) is 41.6 Å². The lowest BCUT2D eigenvalue weighted by Gasteiger charge is -2.28. The van der Waals surface area contributed by atoms with E-state index in [1.165, 1.54) is 18.5 Å². The molecule has 1 N–H and O–H groups in total. The number of amides is 1. The third-order valence-corrected chi connectivity index (χ3v) is 4.76. The van der Waals surface area contributed by atoms with Gasteiger partial charge >= 0.3 is 0 Å². The van der Waals surface area contributed by atoms with Crippen LogP contribution in [0.5, 0.6) is 5.75 Å². The van der Waals surface area contributed by atoms with Crippen LogP contribution < -0.4 is 10.1 Å². The minimum absolute atomic E-state index is 0.0450. The Morgan fingerprint density at radius 1 is 1.24 bits per heavy atom. The maximum absolute atomic E-state index is 12.2. The van der Waals surface area contributed by atoms with E-state index in [2.05, 4.69) is 40.2 Å². The zero-order chi connectivity index (χ0) is 17.6. The number of carbonyl (C=O) groups excluding carboxylic acids is 1.